The Labute approximate surface area is 158 Å². The number of piperazine rings is 1. The average molecular weight is 398 g/mol. The highest BCUT2D eigenvalue weighted by molar-refractivity contribution is 7.88. The molecule has 5 nitrogen and oxygen atoms in total. The monoisotopic (exact) mass is 397 g/mol. The summed E-state index contributed by atoms with van der Waals surface area (Å²) in [5, 5.41) is 2.02. The van der Waals surface area contributed by atoms with Crippen LogP contribution in [0.4, 0.5) is 4.39 Å². The number of nitrogens with one attached hydrogen (secondary N) is 1. The molecule has 1 aliphatic rings. The first-order chi connectivity index (χ1) is 12.4. The zero-order valence-electron chi connectivity index (χ0n) is 14.8. The summed E-state index contributed by atoms with van der Waals surface area (Å²) in [7, 11) is -1.39. The molecule has 1 aliphatic heterocycles. The molecule has 2 heterocycles. The highest BCUT2D eigenvalue weighted by Crippen LogP contribution is 2.26. The maximum Gasteiger partial charge on any atom is 0.215 e. The topological polar surface area (TPSA) is 52.6 Å². The molecule has 3 rings (SSSR count). The quantitative estimate of drug-likeness (QED) is 0.779. The molecular formula is C18H24FN3O2S2. The van der Waals surface area contributed by atoms with E-state index in [0.29, 0.717) is 12.1 Å². The molecule has 8 heteroatoms. The predicted molar refractivity (Wildman–Crippen MR) is 103 cm³/mol. The lowest BCUT2D eigenvalue weighted by molar-refractivity contribution is 0.114. The van der Waals surface area contributed by atoms with Crippen LogP contribution in [0.3, 0.4) is 0 Å². The van der Waals surface area contributed by atoms with Crippen molar-refractivity contribution in [3.8, 4) is 0 Å². The molecule has 0 radical (unpaired) electrons. The van der Waals surface area contributed by atoms with Gasteiger partial charge in [0.05, 0.1) is 11.8 Å². The van der Waals surface area contributed by atoms with Crippen molar-refractivity contribution in [2.24, 2.45) is 0 Å². The second kappa shape index (κ2) is 8.58. The van der Waals surface area contributed by atoms with Crippen LogP contribution < -0.4 is 4.72 Å². The van der Waals surface area contributed by atoms with E-state index in [9.17, 15) is 12.8 Å². The van der Waals surface area contributed by atoms with Crippen molar-refractivity contribution >= 4 is 21.4 Å². The van der Waals surface area contributed by atoms with Crippen LogP contribution in [-0.2, 0) is 15.8 Å². The zero-order chi connectivity index (χ0) is 18.6. The summed E-state index contributed by atoms with van der Waals surface area (Å²) in [6.07, 6.45) is 0. The van der Waals surface area contributed by atoms with Crippen molar-refractivity contribution in [3.63, 3.8) is 0 Å². The first kappa shape index (κ1) is 19.4. The first-order valence-corrected chi connectivity index (χ1v) is 11.1. The SMILES string of the molecule is CN1CCN([C@@H](CNS(=O)(=O)Cc2ccc(F)cc2)c2cccs2)CC1. The van der Waals surface area contributed by atoms with Crippen molar-refractivity contribution < 1.29 is 12.8 Å². The van der Waals surface area contributed by atoms with Gasteiger partial charge >= 0.3 is 0 Å². The minimum Gasteiger partial charge on any atom is -0.304 e. The largest absolute Gasteiger partial charge is 0.304 e. The Balaban J connectivity index is 1.66. The molecule has 0 amide bonds. The lowest BCUT2D eigenvalue weighted by atomic mass is 10.2. The van der Waals surface area contributed by atoms with Crippen molar-refractivity contribution in [3.05, 3.63) is 58.0 Å². The highest BCUT2D eigenvalue weighted by Gasteiger charge is 2.26. The van der Waals surface area contributed by atoms with Gasteiger partial charge < -0.3 is 4.90 Å². The van der Waals surface area contributed by atoms with Gasteiger partial charge in [0.2, 0.25) is 10.0 Å². The summed E-state index contributed by atoms with van der Waals surface area (Å²) in [4.78, 5) is 5.78. The number of benzene rings is 1. The Kier molecular flexibility index (Phi) is 6.42. The average Bonchev–Trinajstić information content (AvgIpc) is 3.13. The molecule has 1 fully saturated rings. The molecule has 142 valence electrons. The van der Waals surface area contributed by atoms with Crippen LogP contribution in [0.1, 0.15) is 16.5 Å². The molecule has 26 heavy (non-hydrogen) atoms. The summed E-state index contributed by atoms with van der Waals surface area (Å²) in [5.74, 6) is -0.514. The van der Waals surface area contributed by atoms with E-state index in [1.165, 1.54) is 29.1 Å². The second-order valence-corrected chi connectivity index (χ2v) is 9.39. The number of hydrogen-bond donors (Lipinski definition) is 1. The first-order valence-electron chi connectivity index (χ1n) is 8.61. The van der Waals surface area contributed by atoms with Crippen LogP contribution in [-0.4, -0.2) is 58.0 Å². The Hall–Kier alpha value is -1.32. The molecule has 0 aliphatic carbocycles. The highest BCUT2D eigenvalue weighted by atomic mass is 32.2. The van der Waals surface area contributed by atoms with E-state index in [1.54, 1.807) is 11.3 Å². The van der Waals surface area contributed by atoms with Gasteiger partial charge in [-0.1, -0.05) is 18.2 Å². The lowest BCUT2D eigenvalue weighted by Crippen LogP contribution is -2.48. The fourth-order valence-corrected chi connectivity index (χ4v) is 5.09. The molecule has 1 atom stereocenters. The second-order valence-electron chi connectivity index (χ2n) is 6.60. The molecule has 1 N–H and O–H groups in total. The minimum atomic E-state index is -3.49. The number of sulfonamides is 1. The fraction of sp³-hybridized carbons (Fsp3) is 0.444. The molecule has 0 unspecified atom stereocenters. The number of nitrogens with zero attached hydrogens (tertiary/aromatic N) is 2. The molecule has 2 aromatic rings. The van der Waals surface area contributed by atoms with Gasteiger partial charge in [-0.25, -0.2) is 17.5 Å². The Morgan fingerprint density at radius 3 is 2.46 bits per heavy atom. The van der Waals surface area contributed by atoms with E-state index >= 15 is 0 Å². The Morgan fingerprint density at radius 1 is 1.15 bits per heavy atom. The molecule has 1 aromatic heterocycles. The molecule has 1 aromatic carbocycles. The predicted octanol–water partition coefficient (Wildman–Crippen LogP) is 2.30. The number of likely N-dealkylation sites (N-methyl/N-ethyl adjacent to an activating group) is 1. The normalized spacial score (nSPS) is 18.1. The van der Waals surface area contributed by atoms with Crippen molar-refractivity contribution in [2.75, 3.05) is 39.8 Å². The Bertz CT molecular complexity index is 786. The summed E-state index contributed by atoms with van der Waals surface area (Å²) >= 11 is 1.65. The van der Waals surface area contributed by atoms with Crippen molar-refractivity contribution in [1.82, 2.24) is 14.5 Å². The summed E-state index contributed by atoms with van der Waals surface area (Å²) in [6.45, 7) is 4.12. The van der Waals surface area contributed by atoms with Crippen LogP contribution in [0.25, 0.3) is 0 Å². The third-order valence-corrected chi connectivity index (χ3v) is 6.91. The third kappa shape index (κ3) is 5.34. The van der Waals surface area contributed by atoms with E-state index < -0.39 is 10.0 Å². The van der Waals surface area contributed by atoms with E-state index in [4.69, 9.17) is 0 Å². The van der Waals surface area contributed by atoms with Gasteiger partial charge in [-0.05, 0) is 36.2 Å². The summed E-state index contributed by atoms with van der Waals surface area (Å²) in [6, 6.07) is 9.66. The zero-order valence-corrected chi connectivity index (χ0v) is 16.4. The van der Waals surface area contributed by atoms with Crippen LogP contribution >= 0.6 is 11.3 Å². The van der Waals surface area contributed by atoms with E-state index in [1.807, 2.05) is 11.4 Å². The van der Waals surface area contributed by atoms with Crippen LogP contribution in [0.2, 0.25) is 0 Å². The van der Waals surface area contributed by atoms with Gasteiger partial charge in [0, 0.05) is 37.6 Å². The minimum absolute atomic E-state index is 0.0340. The number of halogens is 1. The van der Waals surface area contributed by atoms with E-state index in [2.05, 4.69) is 27.6 Å². The van der Waals surface area contributed by atoms with Crippen molar-refractivity contribution in [1.29, 1.82) is 0 Å². The van der Waals surface area contributed by atoms with Gasteiger partial charge in [-0.15, -0.1) is 11.3 Å². The van der Waals surface area contributed by atoms with Crippen LogP contribution in [0.5, 0.6) is 0 Å². The van der Waals surface area contributed by atoms with Gasteiger partial charge in [0.25, 0.3) is 0 Å². The van der Waals surface area contributed by atoms with Gasteiger partial charge in [-0.2, -0.15) is 0 Å². The van der Waals surface area contributed by atoms with E-state index in [-0.39, 0.29) is 17.6 Å². The number of rotatable bonds is 7. The summed E-state index contributed by atoms with van der Waals surface area (Å²) in [5.41, 5.74) is 0.575. The van der Waals surface area contributed by atoms with Crippen molar-refractivity contribution in [2.45, 2.75) is 11.8 Å². The smallest absolute Gasteiger partial charge is 0.215 e. The molecule has 0 bridgehead atoms. The maximum atomic E-state index is 13.0. The van der Waals surface area contributed by atoms with Crippen LogP contribution in [0.15, 0.2) is 41.8 Å². The maximum absolute atomic E-state index is 13.0. The molecular weight excluding hydrogens is 373 g/mol. The number of hydrogen-bond acceptors (Lipinski definition) is 5. The molecule has 0 spiro atoms. The molecule has 0 saturated carbocycles. The lowest BCUT2D eigenvalue weighted by Gasteiger charge is -2.37. The van der Waals surface area contributed by atoms with Crippen LogP contribution in [0, 0.1) is 5.82 Å². The van der Waals surface area contributed by atoms with E-state index in [0.717, 1.165) is 26.2 Å². The van der Waals surface area contributed by atoms with Gasteiger partial charge in [0.15, 0.2) is 0 Å². The third-order valence-electron chi connectivity index (χ3n) is 4.62. The summed E-state index contributed by atoms with van der Waals surface area (Å²) < 4.78 is 40.7. The number of thiophene rings is 1. The van der Waals surface area contributed by atoms with Gasteiger partial charge in [-0.3, -0.25) is 4.90 Å². The Morgan fingerprint density at radius 2 is 1.85 bits per heavy atom. The molecule has 1 saturated heterocycles. The van der Waals surface area contributed by atoms with Gasteiger partial charge in [0.1, 0.15) is 5.82 Å². The fourth-order valence-electron chi connectivity index (χ4n) is 3.08. The standard InChI is InChI=1S/C18H24FN3O2S2/c1-21-8-10-22(11-9-21)17(18-3-2-12-25-18)13-20-26(23,24)14-15-4-6-16(19)7-5-15/h2-7,12,17,20H,8-11,13-14H2,1H3/t17-/m0/s1.